The second-order valence-corrected chi connectivity index (χ2v) is 10.1. The molecule has 0 amide bonds. The fourth-order valence-electron chi connectivity index (χ4n) is 4.35. The molecule has 5 rings (SSSR count). The number of benzene rings is 2. The summed E-state index contributed by atoms with van der Waals surface area (Å²) >= 11 is 1.22. The number of nitrogens with zero attached hydrogens (tertiary/aromatic N) is 2. The van der Waals surface area contributed by atoms with Crippen LogP contribution in [0.15, 0.2) is 118 Å². The number of fused-ring (bicyclic) bond motifs is 1. The van der Waals surface area contributed by atoms with E-state index in [1.165, 1.54) is 34.3 Å². The van der Waals surface area contributed by atoms with E-state index in [9.17, 15) is 14.4 Å². The minimum Gasteiger partial charge on any atom is -0.490 e. The third-order valence-corrected chi connectivity index (χ3v) is 7.23. The first-order chi connectivity index (χ1) is 20.4. The zero-order valence-corrected chi connectivity index (χ0v) is 23.5. The average molecular weight is 583 g/mol. The summed E-state index contributed by atoms with van der Waals surface area (Å²) in [6.45, 7) is 9.34. The van der Waals surface area contributed by atoms with Crippen LogP contribution in [0.5, 0.6) is 11.5 Å². The van der Waals surface area contributed by atoms with Crippen LogP contribution < -0.4 is 24.4 Å². The molecule has 1 atom stereocenters. The van der Waals surface area contributed by atoms with Crippen molar-refractivity contribution in [2.75, 3.05) is 13.2 Å². The average Bonchev–Trinajstić information content (AvgIpc) is 3.64. The number of carbonyl (C=O) groups is 2. The van der Waals surface area contributed by atoms with E-state index in [-0.39, 0.29) is 29.2 Å². The zero-order valence-electron chi connectivity index (χ0n) is 22.6. The van der Waals surface area contributed by atoms with E-state index in [4.69, 9.17) is 18.6 Å². The van der Waals surface area contributed by atoms with Crippen LogP contribution >= 0.6 is 11.3 Å². The number of ether oxygens (including phenoxy) is 3. The lowest BCUT2D eigenvalue weighted by Gasteiger charge is -2.24. The van der Waals surface area contributed by atoms with Crippen molar-refractivity contribution >= 4 is 29.4 Å². The minimum atomic E-state index is -0.829. The molecule has 212 valence electrons. The van der Waals surface area contributed by atoms with Crippen molar-refractivity contribution in [2.24, 2.45) is 4.99 Å². The first kappa shape index (κ1) is 28.3. The fraction of sp³-hybridized carbons (Fsp3) is 0.125. The Bertz CT molecular complexity index is 1850. The van der Waals surface area contributed by atoms with Gasteiger partial charge in [-0.2, -0.15) is 0 Å². The molecule has 0 saturated carbocycles. The molecule has 0 spiro atoms. The molecule has 0 bridgehead atoms. The summed E-state index contributed by atoms with van der Waals surface area (Å²) in [5, 5.41) is 0. The van der Waals surface area contributed by atoms with Crippen LogP contribution in [0.4, 0.5) is 0 Å². The first-order valence-corrected chi connectivity index (χ1v) is 13.7. The number of aromatic nitrogens is 1. The van der Waals surface area contributed by atoms with Crippen molar-refractivity contribution in [1.29, 1.82) is 0 Å². The topological polar surface area (TPSA) is 109 Å². The molecule has 9 nitrogen and oxygen atoms in total. The fourth-order valence-corrected chi connectivity index (χ4v) is 5.39. The number of hydrogen-bond acceptors (Lipinski definition) is 9. The highest BCUT2D eigenvalue weighted by molar-refractivity contribution is 7.07. The van der Waals surface area contributed by atoms with E-state index >= 15 is 0 Å². The molecule has 3 heterocycles. The summed E-state index contributed by atoms with van der Waals surface area (Å²) < 4.78 is 23.3. The van der Waals surface area contributed by atoms with Crippen LogP contribution in [0.25, 0.3) is 6.08 Å². The van der Waals surface area contributed by atoms with Crippen molar-refractivity contribution in [3.8, 4) is 11.5 Å². The number of hydrogen-bond donors (Lipinski definition) is 0. The molecule has 4 aromatic rings. The standard InChI is InChI=1S/C32H26N2O7S/c1-4-16-38-23-12-8-21(9-13-23)19-26-29(35)34-28(27(31(37)40-17-5-2)20(3)33-32(34)42-26)22-10-14-24(15-11-22)41-30(36)25-7-6-18-39-25/h4-15,18-19,28H,1-2,16-17H2,3H3. The Labute approximate surface area is 244 Å². The van der Waals surface area contributed by atoms with Gasteiger partial charge in [-0.1, -0.05) is 60.9 Å². The molecule has 0 fully saturated rings. The number of furan rings is 1. The van der Waals surface area contributed by atoms with Crippen molar-refractivity contribution in [3.05, 3.63) is 140 Å². The van der Waals surface area contributed by atoms with Crippen LogP contribution in [-0.4, -0.2) is 29.7 Å². The Hall–Kier alpha value is -5.22. The molecule has 0 radical (unpaired) electrons. The van der Waals surface area contributed by atoms with Gasteiger partial charge in [-0.3, -0.25) is 9.36 Å². The molecular weight excluding hydrogens is 556 g/mol. The van der Waals surface area contributed by atoms with Gasteiger partial charge in [-0.05, 0) is 60.5 Å². The Kier molecular flexibility index (Phi) is 8.44. The Balaban J connectivity index is 1.54. The molecule has 2 aromatic carbocycles. The van der Waals surface area contributed by atoms with Gasteiger partial charge in [0, 0.05) is 0 Å². The van der Waals surface area contributed by atoms with Gasteiger partial charge in [0.1, 0.15) is 24.7 Å². The van der Waals surface area contributed by atoms with Crippen LogP contribution in [-0.2, 0) is 9.53 Å². The number of esters is 2. The van der Waals surface area contributed by atoms with Gasteiger partial charge in [-0.15, -0.1) is 0 Å². The van der Waals surface area contributed by atoms with E-state index in [1.807, 2.05) is 24.3 Å². The highest BCUT2D eigenvalue weighted by Crippen LogP contribution is 2.32. The molecule has 10 heteroatoms. The van der Waals surface area contributed by atoms with Gasteiger partial charge < -0.3 is 18.6 Å². The molecule has 0 saturated heterocycles. The monoisotopic (exact) mass is 582 g/mol. The third kappa shape index (κ3) is 5.93. The number of thiazole rings is 1. The van der Waals surface area contributed by atoms with E-state index in [0.29, 0.717) is 33.0 Å². The minimum absolute atomic E-state index is 0.000924. The van der Waals surface area contributed by atoms with Crippen LogP contribution in [0.2, 0.25) is 0 Å². The maximum atomic E-state index is 13.8. The molecule has 0 N–H and O–H groups in total. The molecule has 0 aliphatic carbocycles. The Morgan fingerprint density at radius 1 is 1.00 bits per heavy atom. The number of allylic oxidation sites excluding steroid dienone is 1. The van der Waals surface area contributed by atoms with Gasteiger partial charge in [0.05, 0.1) is 28.1 Å². The molecule has 42 heavy (non-hydrogen) atoms. The van der Waals surface area contributed by atoms with Crippen molar-refractivity contribution < 1.29 is 28.2 Å². The first-order valence-electron chi connectivity index (χ1n) is 12.9. The number of carbonyl (C=O) groups excluding carboxylic acids is 2. The van der Waals surface area contributed by atoms with Gasteiger partial charge in [0.25, 0.3) is 5.56 Å². The predicted molar refractivity (Wildman–Crippen MR) is 157 cm³/mol. The van der Waals surface area contributed by atoms with Gasteiger partial charge in [-0.25, -0.2) is 14.6 Å². The lowest BCUT2D eigenvalue weighted by Crippen LogP contribution is -2.39. The maximum Gasteiger partial charge on any atom is 0.379 e. The Morgan fingerprint density at radius 2 is 1.71 bits per heavy atom. The summed E-state index contributed by atoms with van der Waals surface area (Å²) in [5.41, 5.74) is 1.74. The molecule has 1 aliphatic rings. The molecule has 1 aliphatic heterocycles. The molecular formula is C32H26N2O7S. The largest absolute Gasteiger partial charge is 0.490 e. The van der Waals surface area contributed by atoms with E-state index in [0.717, 1.165) is 5.56 Å². The quantitative estimate of drug-likeness (QED) is 0.155. The predicted octanol–water partition coefficient (Wildman–Crippen LogP) is 4.34. The van der Waals surface area contributed by atoms with Crippen LogP contribution in [0.1, 0.15) is 34.6 Å². The second kappa shape index (κ2) is 12.5. The maximum absolute atomic E-state index is 13.8. The van der Waals surface area contributed by atoms with Crippen molar-refractivity contribution in [1.82, 2.24) is 4.57 Å². The summed E-state index contributed by atoms with van der Waals surface area (Å²) in [4.78, 5) is 44.4. The van der Waals surface area contributed by atoms with Crippen molar-refractivity contribution in [2.45, 2.75) is 13.0 Å². The Morgan fingerprint density at radius 3 is 2.38 bits per heavy atom. The lowest BCUT2D eigenvalue weighted by molar-refractivity contribution is -0.138. The van der Waals surface area contributed by atoms with Crippen molar-refractivity contribution in [3.63, 3.8) is 0 Å². The lowest BCUT2D eigenvalue weighted by atomic mass is 9.96. The summed E-state index contributed by atoms with van der Waals surface area (Å²) in [6, 6.07) is 16.1. The van der Waals surface area contributed by atoms with Crippen LogP contribution in [0, 0.1) is 0 Å². The SMILES string of the molecule is C=CCOC(=O)C1=C(C)N=c2sc(=Cc3ccc(OCC=C)cc3)c(=O)n2C1c1ccc(OC(=O)c2ccco2)cc1. The van der Waals surface area contributed by atoms with E-state index in [2.05, 4.69) is 18.2 Å². The molecule has 1 unspecified atom stereocenters. The molecule has 2 aromatic heterocycles. The van der Waals surface area contributed by atoms with Gasteiger partial charge >= 0.3 is 11.9 Å². The van der Waals surface area contributed by atoms with Crippen LogP contribution in [0.3, 0.4) is 0 Å². The van der Waals surface area contributed by atoms with E-state index < -0.39 is 18.0 Å². The van der Waals surface area contributed by atoms with E-state index in [1.54, 1.807) is 49.4 Å². The summed E-state index contributed by atoms with van der Waals surface area (Å²) in [6.07, 6.45) is 6.28. The summed E-state index contributed by atoms with van der Waals surface area (Å²) in [7, 11) is 0. The van der Waals surface area contributed by atoms with Gasteiger partial charge in [0.15, 0.2) is 4.80 Å². The smallest absolute Gasteiger partial charge is 0.379 e. The summed E-state index contributed by atoms with van der Waals surface area (Å²) in [5.74, 6) is -0.241. The highest BCUT2D eigenvalue weighted by atomic mass is 32.1. The highest BCUT2D eigenvalue weighted by Gasteiger charge is 2.33. The number of rotatable bonds is 10. The second-order valence-electron chi connectivity index (χ2n) is 9.07. The normalized spacial score (nSPS) is 14.5. The third-order valence-electron chi connectivity index (χ3n) is 6.25. The zero-order chi connectivity index (χ0) is 29.6. The van der Waals surface area contributed by atoms with Gasteiger partial charge in [0.2, 0.25) is 5.76 Å².